The summed E-state index contributed by atoms with van der Waals surface area (Å²) in [7, 11) is 1.61. The molecule has 0 aliphatic carbocycles. The molecule has 1 heterocycles. The number of anilines is 1. The highest BCUT2D eigenvalue weighted by molar-refractivity contribution is 7.15. The Bertz CT molecular complexity index is 397. The van der Waals surface area contributed by atoms with Gasteiger partial charge in [0, 0.05) is 20.2 Å². The highest BCUT2D eigenvalue weighted by atomic mass is 32.1. The van der Waals surface area contributed by atoms with Crippen LogP contribution in [0.3, 0.4) is 0 Å². The molecule has 0 aliphatic rings. The van der Waals surface area contributed by atoms with Crippen LogP contribution in [0.4, 0.5) is 5.13 Å². The van der Waals surface area contributed by atoms with Crippen molar-refractivity contribution < 1.29 is 14.6 Å². The highest BCUT2D eigenvalue weighted by Crippen LogP contribution is 2.22. The number of nitrogens with zero attached hydrogens (tertiary/aromatic N) is 3. The third-order valence-electron chi connectivity index (χ3n) is 2.69. The molecule has 0 saturated carbocycles. The number of rotatable bonds is 9. The van der Waals surface area contributed by atoms with Gasteiger partial charge >= 0.3 is 5.97 Å². The van der Waals surface area contributed by atoms with E-state index in [-0.39, 0.29) is 0 Å². The second kappa shape index (κ2) is 8.06. The fraction of sp³-hybridized carbons (Fsp3) is 0.750. The van der Waals surface area contributed by atoms with Gasteiger partial charge in [-0.1, -0.05) is 31.6 Å². The first-order chi connectivity index (χ1) is 9.08. The van der Waals surface area contributed by atoms with Crippen molar-refractivity contribution in [2.24, 2.45) is 5.92 Å². The van der Waals surface area contributed by atoms with E-state index in [4.69, 9.17) is 9.84 Å². The zero-order chi connectivity index (χ0) is 14.3. The van der Waals surface area contributed by atoms with E-state index in [1.54, 1.807) is 14.0 Å². The molecule has 1 atom stereocenters. The van der Waals surface area contributed by atoms with Gasteiger partial charge in [-0.25, -0.2) is 0 Å². The molecule has 1 unspecified atom stereocenters. The first kappa shape index (κ1) is 15.8. The molecule has 6 nitrogen and oxygen atoms in total. The van der Waals surface area contributed by atoms with E-state index in [1.165, 1.54) is 11.3 Å². The largest absolute Gasteiger partial charge is 0.481 e. The SMILES string of the molecule is CCCCN(CC(C)C(=O)O)c1nnc(COC)s1. The van der Waals surface area contributed by atoms with Crippen LogP contribution in [0.1, 0.15) is 31.7 Å². The topological polar surface area (TPSA) is 75.6 Å². The minimum atomic E-state index is -0.789. The normalized spacial score (nSPS) is 12.4. The van der Waals surface area contributed by atoms with E-state index in [1.807, 2.05) is 4.90 Å². The average Bonchev–Trinajstić information content (AvgIpc) is 2.83. The smallest absolute Gasteiger partial charge is 0.308 e. The van der Waals surface area contributed by atoms with Crippen LogP contribution in [0.25, 0.3) is 0 Å². The minimum Gasteiger partial charge on any atom is -0.481 e. The molecule has 0 radical (unpaired) electrons. The number of hydrogen-bond donors (Lipinski definition) is 1. The van der Waals surface area contributed by atoms with Gasteiger partial charge in [-0.3, -0.25) is 4.79 Å². The van der Waals surface area contributed by atoms with Gasteiger partial charge < -0.3 is 14.7 Å². The molecule has 1 aromatic rings. The molecule has 0 spiro atoms. The predicted octanol–water partition coefficient (Wildman–Crippen LogP) is 2.01. The monoisotopic (exact) mass is 287 g/mol. The van der Waals surface area contributed by atoms with Crippen LogP contribution in [0.5, 0.6) is 0 Å². The third-order valence-corrected chi connectivity index (χ3v) is 3.65. The Labute approximate surface area is 117 Å². The Hall–Kier alpha value is -1.21. The number of carboxylic acids is 1. The standard InChI is InChI=1S/C12H21N3O3S/c1-4-5-6-15(7-9(2)11(16)17)12-14-13-10(19-12)8-18-3/h9H,4-8H2,1-3H3,(H,16,17). The van der Waals surface area contributed by atoms with Crippen molar-refractivity contribution >= 4 is 22.4 Å². The molecule has 1 N–H and O–H groups in total. The molecule has 1 rings (SSSR count). The lowest BCUT2D eigenvalue weighted by Gasteiger charge is -2.22. The van der Waals surface area contributed by atoms with Crippen molar-refractivity contribution in [3.63, 3.8) is 0 Å². The van der Waals surface area contributed by atoms with Gasteiger partial charge in [-0.05, 0) is 6.42 Å². The van der Waals surface area contributed by atoms with Gasteiger partial charge in [-0.15, -0.1) is 10.2 Å². The number of methoxy groups -OCH3 is 1. The fourth-order valence-electron chi connectivity index (χ4n) is 1.58. The Kier molecular flexibility index (Phi) is 6.72. The molecule has 0 bridgehead atoms. The Morgan fingerprint density at radius 1 is 1.53 bits per heavy atom. The number of aromatic nitrogens is 2. The second-order valence-corrected chi connectivity index (χ2v) is 5.49. The molecule has 108 valence electrons. The average molecular weight is 287 g/mol. The minimum absolute atomic E-state index is 0.424. The Balaban J connectivity index is 2.73. The number of aliphatic carboxylic acids is 1. The first-order valence-electron chi connectivity index (χ1n) is 6.37. The fourth-order valence-corrected chi connectivity index (χ4v) is 2.42. The second-order valence-electron chi connectivity index (χ2n) is 4.45. The van der Waals surface area contributed by atoms with Crippen LogP contribution in [0.15, 0.2) is 0 Å². The van der Waals surface area contributed by atoms with Crippen LogP contribution in [-0.4, -0.2) is 41.5 Å². The van der Waals surface area contributed by atoms with E-state index in [9.17, 15) is 4.79 Å². The van der Waals surface area contributed by atoms with E-state index < -0.39 is 11.9 Å². The summed E-state index contributed by atoms with van der Waals surface area (Å²) in [6.45, 7) is 5.51. The van der Waals surface area contributed by atoms with Crippen LogP contribution in [0, 0.1) is 5.92 Å². The van der Waals surface area contributed by atoms with Crippen molar-refractivity contribution in [3.8, 4) is 0 Å². The van der Waals surface area contributed by atoms with Gasteiger partial charge in [0.25, 0.3) is 0 Å². The van der Waals surface area contributed by atoms with E-state index in [2.05, 4.69) is 17.1 Å². The summed E-state index contributed by atoms with van der Waals surface area (Å²) in [6, 6.07) is 0. The van der Waals surface area contributed by atoms with Crippen molar-refractivity contribution in [2.45, 2.75) is 33.3 Å². The Morgan fingerprint density at radius 2 is 2.26 bits per heavy atom. The lowest BCUT2D eigenvalue weighted by Crippen LogP contribution is -2.32. The van der Waals surface area contributed by atoms with Crippen LogP contribution < -0.4 is 4.90 Å². The van der Waals surface area contributed by atoms with Gasteiger partial charge in [0.2, 0.25) is 5.13 Å². The van der Waals surface area contributed by atoms with Gasteiger partial charge in [0.05, 0.1) is 5.92 Å². The number of ether oxygens (including phenoxy) is 1. The van der Waals surface area contributed by atoms with Crippen molar-refractivity contribution in [1.82, 2.24) is 10.2 Å². The van der Waals surface area contributed by atoms with Crippen molar-refractivity contribution in [3.05, 3.63) is 5.01 Å². The van der Waals surface area contributed by atoms with Gasteiger partial charge in [0.15, 0.2) is 0 Å². The van der Waals surface area contributed by atoms with Crippen LogP contribution >= 0.6 is 11.3 Å². The maximum absolute atomic E-state index is 11.0. The highest BCUT2D eigenvalue weighted by Gasteiger charge is 2.19. The first-order valence-corrected chi connectivity index (χ1v) is 7.19. The molecule has 19 heavy (non-hydrogen) atoms. The maximum Gasteiger partial charge on any atom is 0.308 e. The summed E-state index contributed by atoms with van der Waals surface area (Å²) in [5.74, 6) is -1.21. The lowest BCUT2D eigenvalue weighted by atomic mass is 10.1. The van der Waals surface area contributed by atoms with E-state index >= 15 is 0 Å². The molecule has 0 fully saturated rings. The van der Waals surface area contributed by atoms with Gasteiger partial charge in [-0.2, -0.15) is 0 Å². The number of carbonyl (C=O) groups is 1. The zero-order valence-corrected chi connectivity index (χ0v) is 12.4. The molecule has 1 aromatic heterocycles. The maximum atomic E-state index is 11.0. The van der Waals surface area contributed by atoms with E-state index in [0.717, 1.165) is 29.5 Å². The van der Waals surface area contributed by atoms with Crippen molar-refractivity contribution in [1.29, 1.82) is 0 Å². The molecule has 0 amide bonds. The summed E-state index contributed by atoms with van der Waals surface area (Å²) in [6.07, 6.45) is 2.06. The van der Waals surface area contributed by atoms with Crippen LogP contribution in [0.2, 0.25) is 0 Å². The number of unbranched alkanes of at least 4 members (excludes halogenated alkanes) is 1. The Morgan fingerprint density at radius 3 is 2.84 bits per heavy atom. The lowest BCUT2D eigenvalue weighted by molar-refractivity contribution is -0.140. The number of hydrogen-bond acceptors (Lipinski definition) is 6. The summed E-state index contributed by atoms with van der Waals surface area (Å²) in [5, 5.41) is 18.8. The zero-order valence-electron chi connectivity index (χ0n) is 11.6. The molecular formula is C12H21N3O3S. The molecule has 0 saturated heterocycles. The van der Waals surface area contributed by atoms with Crippen LogP contribution in [-0.2, 0) is 16.1 Å². The predicted molar refractivity (Wildman–Crippen MR) is 74.5 cm³/mol. The summed E-state index contributed by atoms with van der Waals surface area (Å²) in [5.41, 5.74) is 0. The van der Waals surface area contributed by atoms with E-state index in [0.29, 0.717) is 13.2 Å². The van der Waals surface area contributed by atoms with Crippen molar-refractivity contribution in [2.75, 3.05) is 25.1 Å². The summed E-state index contributed by atoms with van der Waals surface area (Å²) < 4.78 is 5.02. The number of carboxylic acid groups (broad SMARTS) is 1. The summed E-state index contributed by atoms with van der Waals surface area (Å²) in [4.78, 5) is 13.0. The third kappa shape index (κ3) is 5.12. The molecule has 7 heteroatoms. The molecule has 0 aromatic carbocycles. The quantitative estimate of drug-likeness (QED) is 0.749. The molecule has 0 aliphatic heterocycles. The summed E-state index contributed by atoms with van der Waals surface area (Å²) >= 11 is 1.46. The molecular weight excluding hydrogens is 266 g/mol. The van der Waals surface area contributed by atoms with Gasteiger partial charge in [0.1, 0.15) is 11.6 Å².